The number of hydrogen-bond acceptors (Lipinski definition) is 9. The average Bonchev–Trinajstić information content (AvgIpc) is 3.32. The van der Waals surface area contributed by atoms with Crippen LogP contribution >= 0.6 is 0 Å². The highest BCUT2D eigenvalue weighted by Crippen LogP contribution is 2.33. The van der Waals surface area contributed by atoms with Crippen LogP contribution in [0.2, 0.25) is 0 Å². The molecule has 1 aromatic heterocycles. The second kappa shape index (κ2) is 9.00. The Morgan fingerprint density at radius 1 is 0.970 bits per heavy atom. The van der Waals surface area contributed by atoms with Crippen LogP contribution in [0.1, 0.15) is 5.89 Å². The van der Waals surface area contributed by atoms with E-state index in [0.29, 0.717) is 69.2 Å². The zero-order valence-corrected chi connectivity index (χ0v) is 19.0. The Morgan fingerprint density at radius 2 is 1.70 bits per heavy atom. The van der Waals surface area contributed by atoms with Crippen LogP contribution in [-0.4, -0.2) is 74.3 Å². The topological polar surface area (TPSA) is 107 Å². The molecule has 5 rings (SSSR count). The van der Waals surface area contributed by atoms with E-state index in [-0.39, 0.29) is 4.90 Å². The summed E-state index contributed by atoms with van der Waals surface area (Å²) in [5.41, 5.74) is 0.834. The quantitative estimate of drug-likeness (QED) is 0.532. The van der Waals surface area contributed by atoms with Gasteiger partial charge in [0.2, 0.25) is 21.7 Å². The van der Waals surface area contributed by atoms with Crippen molar-refractivity contribution in [1.82, 2.24) is 19.3 Å². The number of sulfonamides is 1. The first-order chi connectivity index (χ1) is 16.0. The number of fused-ring (bicyclic) bond motifs is 1. The zero-order chi connectivity index (χ0) is 22.8. The summed E-state index contributed by atoms with van der Waals surface area (Å²) in [5.74, 6) is 2.78. The Labute approximate surface area is 191 Å². The van der Waals surface area contributed by atoms with E-state index >= 15 is 0 Å². The summed E-state index contributed by atoms with van der Waals surface area (Å²) in [6, 6.07) is 12.2. The predicted octanol–water partition coefficient (Wildman–Crippen LogP) is 2.02. The van der Waals surface area contributed by atoms with Crippen LogP contribution in [0.25, 0.3) is 11.4 Å². The van der Waals surface area contributed by atoms with Gasteiger partial charge in [-0.2, -0.15) is 9.29 Å². The maximum atomic E-state index is 13.1. The molecular formula is C22H24N4O6S. The van der Waals surface area contributed by atoms with Gasteiger partial charge in [0.25, 0.3) is 0 Å². The lowest BCUT2D eigenvalue weighted by molar-refractivity contribution is 0.163. The lowest BCUT2D eigenvalue weighted by Crippen LogP contribution is -2.48. The van der Waals surface area contributed by atoms with Crippen molar-refractivity contribution in [2.24, 2.45) is 0 Å². The fourth-order valence-corrected chi connectivity index (χ4v) is 5.27. The summed E-state index contributed by atoms with van der Waals surface area (Å²) >= 11 is 0. The molecule has 0 radical (unpaired) electrons. The molecule has 33 heavy (non-hydrogen) atoms. The van der Waals surface area contributed by atoms with E-state index in [0.717, 1.165) is 11.3 Å². The summed E-state index contributed by atoms with van der Waals surface area (Å²) in [6.45, 7) is 3.19. The SMILES string of the molecule is COc1ccc(-c2noc(CN3CCN(S(=O)(=O)c4ccc5c(c4)OCCO5)CC3)n2)cc1. The Morgan fingerprint density at radius 3 is 2.42 bits per heavy atom. The number of ether oxygens (including phenoxy) is 3. The highest BCUT2D eigenvalue weighted by atomic mass is 32.2. The first-order valence-electron chi connectivity index (χ1n) is 10.6. The molecule has 2 aromatic carbocycles. The summed E-state index contributed by atoms with van der Waals surface area (Å²) in [7, 11) is -2.01. The van der Waals surface area contributed by atoms with Gasteiger partial charge in [-0.05, 0) is 36.4 Å². The molecule has 1 saturated heterocycles. The van der Waals surface area contributed by atoms with Crippen LogP contribution < -0.4 is 14.2 Å². The highest BCUT2D eigenvalue weighted by Gasteiger charge is 2.30. The molecule has 0 bridgehead atoms. The van der Waals surface area contributed by atoms with Crippen molar-refractivity contribution in [1.29, 1.82) is 0 Å². The minimum absolute atomic E-state index is 0.209. The second-order valence-electron chi connectivity index (χ2n) is 7.73. The molecular weight excluding hydrogens is 448 g/mol. The number of rotatable bonds is 6. The number of piperazine rings is 1. The Bertz CT molecular complexity index is 1220. The first kappa shape index (κ1) is 21.7. The zero-order valence-electron chi connectivity index (χ0n) is 18.1. The molecule has 3 heterocycles. The maximum absolute atomic E-state index is 13.1. The van der Waals surface area contributed by atoms with Crippen LogP contribution in [0.15, 0.2) is 51.9 Å². The van der Waals surface area contributed by atoms with E-state index in [1.54, 1.807) is 19.2 Å². The minimum Gasteiger partial charge on any atom is -0.497 e. The first-order valence-corrected chi connectivity index (χ1v) is 12.1. The van der Waals surface area contributed by atoms with E-state index in [1.807, 2.05) is 24.3 Å². The smallest absolute Gasteiger partial charge is 0.243 e. The van der Waals surface area contributed by atoms with Crippen molar-refractivity contribution in [2.45, 2.75) is 11.4 Å². The molecule has 0 spiro atoms. The highest BCUT2D eigenvalue weighted by molar-refractivity contribution is 7.89. The number of benzene rings is 2. The van der Waals surface area contributed by atoms with Gasteiger partial charge in [-0.3, -0.25) is 4.90 Å². The summed E-state index contributed by atoms with van der Waals surface area (Å²) in [5, 5.41) is 4.05. The lowest BCUT2D eigenvalue weighted by Gasteiger charge is -2.33. The van der Waals surface area contributed by atoms with Gasteiger partial charge in [-0.1, -0.05) is 5.16 Å². The normalized spacial score (nSPS) is 17.1. The van der Waals surface area contributed by atoms with Gasteiger partial charge in [0, 0.05) is 37.8 Å². The third-order valence-electron chi connectivity index (χ3n) is 5.66. The van der Waals surface area contributed by atoms with E-state index in [2.05, 4.69) is 15.0 Å². The lowest BCUT2D eigenvalue weighted by atomic mass is 10.2. The summed E-state index contributed by atoms with van der Waals surface area (Å²) < 4.78 is 49.3. The van der Waals surface area contributed by atoms with Crippen LogP contribution in [0.3, 0.4) is 0 Å². The van der Waals surface area contributed by atoms with Crippen LogP contribution in [0.4, 0.5) is 0 Å². The van der Waals surface area contributed by atoms with Gasteiger partial charge in [0.15, 0.2) is 11.5 Å². The average molecular weight is 473 g/mol. The third kappa shape index (κ3) is 4.52. The molecule has 1 fully saturated rings. The maximum Gasteiger partial charge on any atom is 0.243 e. The van der Waals surface area contributed by atoms with Crippen LogP contribution in [-0.2, 0) is 16.6 Å². The van der Waals surface area contributed by atoms with Crippen molar-refractivity contribution >= 4 is 10.0 Å². The molecule has 0 N–H and O–H groups in total. The van der Waals surface area contributed by atoms with E-state index in [9.17, 15) is 8.42 Å². The van der Waals surface area contributed by atoms with Gasteiger partial charge < -0.3 is 18.7 Å². The molecule has 0 atom stereocenters. The van der Waals surface area contributed by atoms with Crippen molar-refractivity contribution in [2.75, 3.05) is 46.5 Å². The van der Waals surface area contributed by atoms with Gasteiger partial charge in [-0.15, -0.1) is 0 Å². The van der Waals surface area contributed by atoms with Gasteiger partial charge in [-0.25, -0.2) is 8.42 Å². The molecule has 10 nitrogen and oxygen atoms in total. The van der Waals surface area contributed by atoms with Crippen LogP contribution in [0, 0.1) is 0 Å². The Hall–Kier alpha value is -3.15. The van der Waals surface area contributed by atoms with Gasteiger partial charge in [0.1, 0.15) is 19.0 Å². The third-order valence-corrected chi connectivity index (χ3v) is 7.55. The molecule has 11 heteroatoms. The molecule has 2 aliphatic heterocycles. The monoisotopic (exact) mass is 472 g/mol. The van der Waals surface area contributed by atoms with E-state index in [1.165, 1.54) is 10.4 Å². The predicted molar refractivity (Wildman–Crippen MR) is 118 cm³/mol. The fourth-order valence-electron chi connectivity index (χ4n) is 3.83. The minimum atomic E-state index is -3.62. The Kier molecular flexibility index (Phi) is 5.92. The Balaban J connectivity index is 1.20. The molecule has 0 saturated carbocycles. The number of nitrogens with zero attached hydrogens (tertiary/aromatic N) is 4. The van der Waals surface area contributed by atoms with Crippen molar-refractivity contribution in [3.05, 3.63) is 48.4 Å². The number of hydrogen-bond donors (Lipinski definition) is 0. The fraction of sp³-hybridized carbons (Fsp3) is 0.364. The molecule has 3 aromatic rings. The van der Waals surface area contributed by atoms with Crippen molar-refractivity contribution in [3.8, 4) is 28.6 Å². The van der Waals surface area contributed by atoms with Crippen LogP contribution in [0.5, 0.6) is 17.2 Å². The molecule has 2 aliphatic rings. The molecule has 174 valence electrons. The number of aromatic nitrogens is 2. The van der Waals surface area contributed by atoms with Crippen molar-refractivity contribution < 1.29 is 27.2 Å². The van der Waals surface area contributed by atoms with E-state index in [4.69, 9.17) is 18.7 Å². The number of methoxy groups -OCH3 is 1. The summed E-state index contributed by atoms with van der Waals surface area (Å²) in [6.07, 6.45) is 0. The van der Waals surface area contributed by atoms with Gasteiger partial charge in [0.05, 0.1) is 18.6 Å². The van der Waals surface area contributed by atoms with Crippen molar-refractivity contribution in [3.63, 3.8) is 0 Å². The molecule has 0 unspecified atom stereocenters. The largest absolute Gasteiger partial charge is 0.497 e. The molecule has 0 aliphatic carbocycles. The standard InChI is InChI=1S/C22H24N4O6S/c1-29-17-4-2-16(3-5-17)22-23-21(32-24-22)15-25-8-10-26(11-9-25)33(27,28)18-6-7-19-20(14-18)31-13-12-30-19/h2-7,14H,8-13,15H2,1H3. The van der Waals surface area contributed by atoms with Gasteiger partial charge >= 0.3 is 0 Å². The molecule has 0 amide bonds. The van der Waals surface area contributed by atoms with E-state index < -0.39 is 10.0 Å². The second-order valence-corrected chi connectivity index (χ2v) is 9.66. The summed E-state index contributed by atoms with van der Waals surface area (Å²) in [4.78, 5) is 6.78.